The van der Waals surface area contributed by atoms with Gasteiger partial charge < -0.3 is 9.63 Å². The Kier molecular flexibility index (Phi) is 4.72. The highest BCUT2D eigenvalue weighted by Crippen LogP contribution is 2.21. The third-order valence-corrected chi connectivity index (χ3v) is 1.94. The molecule has 1 heterocycles. The number of aliphatic hydroxyl groups excluding tert-OH is 1. The lowest BCUT2D eigenvalue weighted by Gasteiger charge is -2.01. The normalized spacial score (nSPS) is 12.0. The molecule has 1 N–H and O–H groups in total. The summed E-state index contributed by atoms with van der Waals surface area (Å²) in [7, 11) is 0. The number of rotatable bonds is 6. The third-order valence-electron chi connectivity index (χ3n) is 1.94. The molecular formula is C9H13F3N2O2. The van der Waals surface area contributed by atoms with Crippen LogP contribution < -0.4 is 0 Å². The zero-order chi connectivity index (χ0) is 12.0. The Balaban J connectivity index is 2.33. The molecule has 0 bridgehead atoms. The van der Waals surface area contributed by atoms with E-state index in [1.54, 1.807) is 0 Å². The highest BCUT2D eigenvalue weighted by atomic mass is 19.4. The van der Waals surface area contributed by atoms with E-state index < -0.39 is 12.6 Å². The van der Waals surface area contributed by atoms with Gasteiger partial charge in [-0.25, -0.2) is 0 Å². The molecule has 92 valence electrons. The minimum atomic E-state index is -4.20. The van der Waals surface area contributed by atoms with Crippen molar-refractivity contribution in [2.24, 2.45) is 0 Å². The number of nitrogens with zero attached hydrogens (tertiary/aromatic N) is 2. The molecule has 1 rings (SSSR count). The van der Waals surface area contributed by atoms with Crippen LogP contribution >= 0.6 is 0 Å². The van der Waals surface area contributed by atoms with Crippen molar-refractivity contribution in [3.8, 4) is 0 Å². The Morgan fingerprint density at radius 1 is 1.19 bits per heavy atom. The van der Waals surface area contributed by atoms with Crippen LogP contribution in [0.3, 0.4) is 0 Å². The Morgan fingerprint density at radius 3 is 2.56 bits per heavy atom. The lowest BCUT2D eigenvalue weighted by atomic mass is 10.2. The van der Waals surface area contributed by atoms with Gasteiger partial charge in [-0.05, 0) is 12.8 Å². The Morgan fingerprint density at radius 2 is 1.94 bits per heavy atom. The third kappa shape index (κ3) is 5.11. The number of aryl methyl sites for hydroxylation is 2. The van der Waals surface area contributed by atoms with Crippen LogP contribution in [0.15, 0.2) is 4.52 Å². The van der Waals surface area contributed by atoms with Crippen LogP contribution in [0.1, 0.15) is 31.0 Å². The van der Waals surface area contributed by atoms with E-state index in [-0.39, 0.29) is 18.9 Å². The Bertz CT molecular complexity index is 312. The quantitative estimate of drug-likeness (QED) is 0.769. The van der Waals surface area contributed by atoms with Crippen molar-refractivity contribution in [1.29, 1.82) is 0 Å². The summed E-state index contributed by atoms with van der Waals surface area (Å²) in [5.74, 6) is 0.405. The molecule has 0 fully saturated rings. The van der Waals surface area contributed by atoms with Gasteiger partial charge in [0.1, 0.15) is 0 Å². The van der Waals surface area contributed by atoms with E-state index in [9.17, 15) is 13.2 Å². The van der Waals surface area contributed by atoms with Crippen molar-refractivity contribution in [3.63, 3.8) is 0 Å². The molecule has 7 heteroatoms. The van der Waals surface area contributed by atoms with Crippen LogP contribution in [-0.4, -0.2) is 28.0 Å². The minimum absolute atomic E-state index is 0.0784. The second-order valence-electron chi connectivity index (χ2n) is 3.40. The zero-order valence-corrected chi connectivity index (χ0v) is 8.63. The first-order valence-electron chi connectivity index (χ1n) is 5.00. The summed E-state index contributed by atoms with van der Waals surface area (Å²) in [4.78, 5) is 3.83. The smallest absolute Gasteiger partial charge is 0.389 e. The van der Waals surface area contributed by atoms with Gasteiger partial charge >= 0.3 is 6.18 Å². The molecule has 4 nitrogen and oxygen atoms in total. The molecule has 1 aromatic heterocycles. The molecule has 0 aliphatic heterocycles. The number of alkyl halides is 3. The molecule has 0 radical (unpaired) electrons. The highest BCUT2D eigenvalue weighted by Gasteiger charge is 2.27. The van der Waals surface area contributed by atoms with Crippen LogP contribution in [0.4, 0.5) is 13.2 Å². The monoisotopic (exact) mass is 238 g/mol. The largest absolute Gasteiger partial charge is 0.396 e. The molecule has 16 heavy (non-hydrogen) atoms. The summed E-state index contributed by atoms with van der Waals surface area (Å²) in [5, 5.41) is 12.0. The summed E-state index contributed by atoms with van der Waals surface area (Å²) in [6.07, 6.45) is -3.62. The van der Waals surface area contributed by atoms with Crippen LogP contribution in [0, 0.1) is 0 Å². The average molecular weight is 238 g/mol. The predicted octanol–water partition coefficient (Wildman–Crippen LogP) is 1.88. The average Bonchev–Trinajstić information content (AvgIpc) is 2.62. The second kappa shape index (κ2) is 5.83. The van der Waals surface area contributed by atoms with Gasteiger partial charge in [-0.3, -0.25) is 0 Å². The predicted molar refractivity (Wildman–Crippen MR) is 48.7 cm³/mol. The summed E-state index contributed by atoms with van der Waals surface area (Å²) < 4.78 is 40.4. The Hall–Kier alpha value is -1.11. The summed E-state index contributed by atoms with van der Waals surface area (Å²) in [6.45, 7) is 0.0784. The second-order valence-corrected chi connectivity index (χ2v) is 3.40. The van der Waals surface area contributed by atoms with Gasteiger partial charge in [0, 0.05) is 19.4 Å². The van der Waals surface area contributed by atoms with E-state index in [2.05, 4.69) is 10.1 Å². The van der Waals surface area contributed by atoms with Crippen molar-refractivity contribution < 1.29 is 22.8 Å². The van der Waals surface area contributed by atoms with Crippen LogP contribution in [-0.2, 0) is 12.8 Å². The fraction of sp³-hybridized carbons (Fsp3) is 0.778. The molecule has 0 aliphatic rings. The highest BCUT2D eigenvalue weighted by molar-refractivity contribution is 4.87. The van der Waals surface area contributed by atoms with E-state index in [0.717, 1.165) is 0 Å². The molecule has 0 saturated carbocycles. The van der Waals surface area contributed by atoms with Crippen molar-refractivity contribution in [2.45, 2.75) is 38.3 Å². The zero-order valence-electron chi connectivity index (χ0n) is 8.63. The number of unbranched alkanes of at least 4 members (excludes halogenated alkanes) is 1. The van der Waals surface area contributed by atoms with E-state index in [1.807, 2.05) is 0 Å². The van der Waals surface area contributed by atoms with Gasteiger partial charge in [0.25, 0.3) is 0 Å². The fourth-order valence-electron chi connectivity index (χ4n) is 1.13. The van der Waals surface area contributed by atoms with Gasteiger partial charge in [0.15, 0.2) is 5.82 Å². The topological polar surface area (TPSA) is 59.2 Å². The van der Waals surface area contributed by atoms with Gasteiger partial charge in [0.05, 0.1) is 6.42 Å². The lowest BCUT2D eigenvalue weighted by molar-refractivity contribution is -0.134. The number of aromatic nitrogens is 2. The first-order chi connectivity index (χ1) is 7.51. The molecule has 1 aromatic rings. The van der Waals surface area contributed by atoms with Gasteiger partial charge in [-0.2, -0.15) is 18.2 Å². The van der Waals surface area contributed by atoms with Crippen molar-refractivity contribution >= 4 is 0 Å². The van der Waals surface area contributed by atoms with Crippen molar-refractivity contribution in [2.75, 3.05) is 6.61 Å². The van der Waals surface area contributed by atoms with Crippen LogP contribution in [0.25, 0.3) is 0 Å². The summed E-state index contributed by atoms with van der Waals surface area (Å²) in [5.41, 5.74) is 0. The number of aliphatic hydroxyl groups is 1. The first-order valence-corrected chi connectivity index (χ1v) is 5.00. The maximum absolute atomic E-state index is 11.9. The SMILES string of the molecule is OCCCCc1nc(CCC(F)(F)F)no1. The molecule has 0 spiro atoms. The molecule has 0 aromatic carbocycles. The molecule has 0 unspecified atom stereocenters. The lowest BCUT2D eigenvalue weighted by Crippen LogP contribution is -2.09. The standard InChI is InChI=1S/C9H13F3N2O2/c10-9(11,12)5-4-7-13-8(16-14-7)3-1-2-6-15/h15H,1-6H2. The summed E-state index contributed by atoms with van der Waals surface area (Å²) in [6, 6.07) is 0. The van der Waals surface area contributed by atoms with Gasteiger partial charge in [-0.15, -0.1) is 0 Å². The molecule has 0 saturated heterocycles. The van der Waals surface area contributed by atoms with Gasteiger partial charge in [0.2, 0.25) is 5.89 Å². The maximum Gasteiger partial charge on any atom is 0.389 e. The van der Waals surface area contributed by atoms with E-state index >= 15 is 0 Å². The first kappa shape index (κ1) is 13.0. The van der Waals surface area contributed by atoms with Crippen LogP contribution in [0.5, 0.6) is 0 Å². The number of hydrogen-bond acceptors (Lipinski definition) is 4. The van der Waals surface area contributed by atoms with E-state index in [4.69, 9.17) is 9.63 Å². The number of halogens is 3. The number of hydrogen-bond donors (Lipinski definition) is 1. The van der Waals surface area contributed by atoms with Crippen LogP contribution in [0.2, 0.25) is 0 Å². The fourth-order valence-corrected chi connectivity index (χ4v) is 1.13. The van der Waals surface area contributed by atoms with E-state index in [1.165, 1.54) is 0 Å². The minimum Gasteiger partial charge on any atom is -0.396 e. The summed E-state index contributed by atoms with van der Waals surface area (Å²) >= 11 is 0. The van der Waals surface area contributed by atoms with Crippen molar-refractivity contribution in [1.82, 2.24) is 10.1 Å². The van der Waals surface area contributed by atoms with Crippen molar-refractivity contribution in [3.05, 3.63) is 11.7 Å². The Labute approximate surface area is 90.5 Å². The van der Waals surface area contributed by atoms with Gasteiger partial charge in [-0.1, -0.05) is 5.16 Å². The molecule has 0 atom stereocenters. The van der Waals surface area contributed by atoms with E-state index in [0.29, 0.717) is 25.2 Å². The molecule has 0 amide bonds. The maximum atomic E-state index is 11.9. The molecular weight excluding hydrogens is 225 g/mol. The molecule has 0 aliphatic carbocycles.